The molecule has 0 aliphatic rings. The number of allylic oxidation sites excluding steroid dienone is 5. The maximum Gasteiger partial charge on any atom is 0.161 e. The van der Waals surface area contributed by atoms with Gasteiger partial charge in [-0.2, -0.15) is 5.10 Å². The molecule has 0 saturated carbocycles. The molecule has 0 unspecified atom stereocenters. The molecule has 0 amide bonds. The summed E-state index contributed by atoms with van der Waals surface area (Å²) in [6.45, 7) is 7.82. The predicted octanol–water partition coefficient (Wildman–Crippen LogP) is 4.43. The van der Waals surface area contributed by atoms with Crippen LogP contribution in [-0.2, 0) is 0 Å². The van der Waals surface area contributed by atoms with E-state index in [1.807, 2.05) is 38.1 Å². The maximum atomic E-state index is 4.84. The number of aromatic nitrogens is 6. The second-order valence-electron chi connectivity index (χ2n) is 5.93. The van der Waals surface area contributed by atoms with Crippen LogP contribution in [0.5, 0.6) is 0 Å². The molecule has 0 aliphatic carbocycles. The number of imidazole rings is 1. The average Bonchev–Trinajstić information content (AvgIpc) is 3.25. The minimum atomic E-state index is 0.671. The van der Waals surface area contributed by atoms with Crippen molar-refractivity contribution in [2.75, 3.05) is 0 Å². The maximum absolute atomic E-state index is 4.84. The third kappa shape index (κ3) is 2.61. The van der Waals surface area contributed by atoms with Crippen LogP contribution in [0.15, 0.2) is 61.0 Å². The quantitative estimate of drug-likeness (QED) is 0.537. The molecule has 0 atom stereocenters. The lowest BCUT2D eigenvalue weighted by Crippen LogP contribution is -1.92. The van der Waals surface area contributed by atoms with Gasteiger partial charge in [-0.25, -0.2) is 9.97 Å². The van der Waals surface area contributed by atoms with Gasteiger partial charge in [-0.3, -0.25) is 10.1 Å². The zero-order valence-electron chi connectivity index (χ0n) is 14.6. The van der Waals surface area contributed by atoms with Gasteiger partial charge in [-0.15, -0.1) is 0 Å². The number of nitrogens with one attached hydrogen (secondary N) is 2. The molecule has 0 saturated heterocycles. The van der Waals surface area contributed by atoms with Gasteiger partial charge < -0.3 is 4.98 Å². The van der Waals surface area contributed by atoms with Gasteiger partial charge >= 0.3 is 0 Å². The molecule has 0 bridgehead atoms. The molecule has 0 aromatic carbocycles. The zero-order valence-corrected chi connectivity index (χ0v) is 14.6. The van der Waals surface area contributed by atoms with E-state index in [0.717, 1.165) is 38.9 Å². The first-order chi connectivity index (χ1) is 12.7. The molecule has 4 aromatic rings. The summed E-state index contributed by atoms with van der Waals surface area (Å²) in [5, 5.41) is 7.45. The van der Waals surface area contributed by atoms with Crippen LogP contribution in [0.25, 0.3) is 39.2 Å². The molecule has 128 valence electrons. The van der Waals surface area contributed by atoms with Crippen molar-refractivity contribution < 1.29 is 0 Å². The van der Waals surface area contributed by atoms with Crippen molar-refractivity contribution in [1.29, 1.82) is 0 Å². The lowest BCUT2D eigenvalue weighted by Gasteiger charge is -2.07. The van der Waals surface area contributed by atoms with E-state index in [-0.39, 0.29) is 0 Å². The molecule has 0 fully saturated rings. The Hall–Kier alpha value is -3.54. The zero-order chi connectivity index (χ0) is 18.1. The van der Waals surface area contributed by atoms with Crippen LogP contribution in [-0.4, -0.2) is 30.1 Å². The van der Waals surface area contributed by atoms with Gasteiger partial charge in [0, 0.05) is 6.20 Å². The first-order valence-corrected chi connectivity index (χ1v) is 8.33. The molecule has 26 heavy (non-hydrogen) atoms. The second-order valence-corrected chi connectivity index (χ2v) is 5.93. The van der Waals surface area contributed by atoms with Crippen molar-refractivity contribution in [3.63, 3.8) is 0 Å². The standard InChI is InChI=1S/C20H18N6/c1-4-6-12(3)13(5-2)14-7-8-16-18(22-14)19(26-25-16)20-23-15-9-10-21-11-17(15)24-20/h4-11H,1H2,2-3H3,(H,23,24)(H,25,26)/b12-6-,13-5+. The molecule has 4 rings (SSSR count). The Morgan fingerprint density at radius 3 is 2.81 bits per heavy atom. The van der Waals surface area contributed by atoms with E-state index in [1.54, 1.807) is 18.5 Å². The topological polar surface area (TPSA) is 83.1 Å². The van der Waals surface area contributed by atoms with E-state index in [4.69, 9.17) is 4.98 Å². The Bertz CT molecular complexity index is 1140. The van der Waals surface area contributed by atoms with Crippen LogP contribution in [0.4, 0.5) is 0 Å². The lowest BCUT2D eigenvalue weighted by atomic mass is 10.0. The molecule has 0 radical (unpaired) electrons. The summed E-state index contributed by atoms with van der Waals surface area (Å²) in [5.74, 6) is 0.671. The largest absolute Gasteiger partial charge is 0.335 e. The highest BCUT2D eigenvalue weighted by molar-refractivity contribution is 5.91. The number of hydrogen-bond acceptors (Lipinski definition) is 4. The number of pyridine rings is 2. The van der Waals surface area contributed by atoms with Crippen molar-refractivity contribution in [2.45, 2.75) is 13.8 Å². The Morgan fingerprint density at radius 1 is 1.15 bits per heavy atom. The van der Waals surface area contributed by atoms with Crippen molar-refractivity contribution >= 4 is 27.6 Å². The van der Waals surface area contributed by atoms with Gasteiger partial charge in [0.2, 0.25) is 0 Å². The highest BCUT2D eigenvalue weighted by atomic mass is 15.1. The van der Waals surface area contributed by atoms with Gasteiger partial charge in [-0.05, 0) is 43.2 Å². The van der Waals surface area contributed by atoms with Crippen LogP contribution in [0.1, 0.15) is 19.5 Å². The number of nitrogens with zero attached hydrogens (tertiary/aromatic N) is 4. The van der Waals surface area contributed by atoms with E-state index < -0.39 is 0 Å². The van der Waals surface area contributed by atoms with Crippen LogP contribution in [0, 0.1) is 0 Å². The predicted molar refractivity (Wildman–Crippen MR) is 104 cm³/mol. The Labute approximate surface area is 150 Å². The summed E-state index contributed by atoms with van der Waals surface area (Å²) in [6.07, 6.45) is 9.28. The smallest absolute Gasteiger partial charge is 0.161 e. The van der Waals surface area contributed by atoms with Gasteiger partial charge in [0.25, 0.3) is 0 Å². The number of rotatable bonds is 4. The fraction of sp³-hybridized carbons (Fsp3) is 0.100. The fourth-order valence-electron chi connectivity index (χ4n) is 3.03. The Balaban J connectivity index is 1.87. The Kier molecular flexibility index (Phi) is 3.93. The summed E-state index contributed by atoms with van der Waals surface area (Å²) in [5.41, 5.74) is 7.11. The summed E-state index contributed by atoms with van der Waals surface area (Å²) in [6, 6.07) is 5.84. The van der Waals surface area contributed by atoms with Crippen LogP contribution in [0.3, 0.4) is 0 Å². The molecule has 4 aromatic heterocycles. The van der Waals surface area contributed by atoms with Crippen molar-refractivity contribution in [1.82, 2.24) is 30.1 Å². The van der Waals surface area contributed by atoms with Crippen molar-refractivity contribution in [3.05, 3.63) is 66.7 Å². The van der Waals surface area contributed by atoms with E-state index in [0.29, 0.717) is 11.5 Å². The molecule has 6 heteroatoms. The van der Waals surface area contributed by atoms with E-state index >= 15 is 0 Å². The van der Waals surface area contributed by atoms with Crippen LogP contribution in [0.2, 0.25) is 0 Å². The highest BCUT2D eigenvalue weighted by Crippen LogP contribution is 2.28. The molecular formula is C20H18N6. The lowest BCUT2D eigenvalue weighted by molar-refractivity contribution is 1.10. The fourth-order valence-corrected chi connectivity index (χ4v) is 3.03. The average molecular weight is 342 g/mol. The molecule has 4 heterocycles. The third-order valence-corrected chi connectivity index (χ3v) is 4.27. The number of hydrogen-bond donors (Lipinski definition) is 2. The van der Waals surface area contributed by atoms with Gasteiger partial charge in [-0.1, -0.05) is 24.8 Å². The molecule has 2 N–H and O–H groups in total. The normalized spacial score (nSPS) is 12.8. The second kappa shape index (κ2) is 6.40. The van der Waals surface area contributed by atoms with E-state index in [1.165, 1.54) is 0 Å². The van der Waals surface area contributed by atoms with E-state index in [9.17, 15) is 0 Å². The molecular weight excluding hydrogens is 324 g/mol. The van der Waals surface area contributed by atoms with Gasteiger partial charge in [0.1, 0.15) is 5.52 Å². The van der Waals surface area contributed by atoms with Crippen LogP contribution >= 0.6 is 0 Å². The highest BCUT2D eigenvalue weighted by Gasteiger charge is 2.15. The monoisotopic (exact) mass is 342 g/mol. The van der Waals surface area contributed by atoms with Crippen LogP contribution < -0.4 is 0 Å². The summed E-state index contributed by atoms with van der Waals surface area (Å²) in [7, 11) is 0. The number of aromatic amines is 2. The van der Waals surface area contributed by atoms with E-state index in [2.05, 4.69) is 37.8 Å². The summed E-state index contributed by atoms with van der Waals surface area (Å²) in [4.78, 5) is 16.8. The number of H-pyrrole nitrogens is 2. The van der Waals surface area contributed by atoms with Gasteiger partial charge in [0.15, 0.2) is 11.5 Å². The van der Waals surface area contributed by atoms with Crippen molar-refractivity contribution in [3.8, 4) is 11.5 Å². The molecule has 0 spiro atoms. The van der Waals surface area contributed by atoms with Crippen molar-refractivity contribution in [2.24, 2.45) is 0 Å². The Morgan fingerprint density at radius 2 is 2.04 bits per heavy atom. The summed E-state index contributed by atoms with van der Waals surface area (Å²) >= 11 is 0. The molecule has 6 nitrogen and oxygen atoms in total. The third-order valence-electron chi connectivity index (χ3n) is 4.27. The number of fused-ring (bicyclic) bond motifs is 2. The minimum Gasteiger partial charge on any atom is -0.335 e. The first-order valence-electron chi connectivity index (χ1n) is 8.33. The minimum absolute atomic E-state index is 0.671. The van der Waals surface area contributed by atoms with Gasteiger partial charge in [0.05, 0.1) is 28.4 Å². The first kappa shape index (κ1) is 16.0. The SMILES string of the molecule is C=C/C=C(C)\C(=C/C)c1ccc2[nH]nc(-c3nc4ccncc4[nH]3)c2n1. The summed E-state index contributed by atoms with van der Waals surface area (Å²) < 4.78 is 0. The molecule has 0 aliphatic heterocycles.